The van der Waals surface area contributed by atoms with Gasteiger partial charge in [0.15, 0.2) is 0 Å². The van der Waals surface area contributed by atoms with Crippen LogP contribution in [0.1, 0.15) is 6.42 Å². The monoisotopic (exact) mass is 145 g/mol. The molecule has 0 aromatic carbocycles. The molecular weight excluding hydrogens is 134 g/mol. The number of ether oxygens (including phenoxy) is 2. The van der Waals surface area contributed by atoms with Crippen molar-refractivity contribution in [1.82, 2.24) is 0 Å². The molecule has 0 bridgehead atoms. The topological polar surface area (TPSA) is 53.7 Å². The van der Waals surface area contributed by atoms with Crippen LogP contribution in [0.3, 0.4) is 0 Å². The Morgan fingerprint density at radius 1 is 1.40 bits per heavy atom. The van der Waals surface area contributed by atoms with E-state index in [1.54, 1.807) is 0 Å². The van der Waals surface area contributed by atoms with Crippen LogP contribution in [-0.4, -0.2) is 31.5 Å². The number of fused-ring (bicyclic) bond motifs is 1. The summed E-state index contributed by atoms with van der Waals surface area (Å²) in [6.07, 6.45) is 1.25. The van der Waals surface area contributed by atoms with Crippen molar-refractivity contribution >= 4 is 0 Å². The van der Waals surface area contributed by atoms with Gasteiger partial charge in [0, 0.05) is 6.61 Å². The molecule has 0 aliphatic carbocycles. The lowest BCUT2D eigenvalue weighted by molar-refractivity contribution is -0.0320. The fraction of sp³-hybridized carbons (Fsp3) is 1.00. The van der Waals surface area contributed by atoms with E-state index in [2.05, 4.69) is 4.84 Å². The fourth-order valence-corrected chi connectivity index (χ4v) is 1.55. The maximum Gasteiger partial charge on any atom is 0.131 e. The maximum atomic E-state index is 5.35. The van der Waals surface area contributed by atoms with Gasteiger partial charge in [-0.2, -0.15) is 0 Å². The van der Waals surface area contributed by atoms with Crippen molar-refractivity contribution in [3.63, 3.8) is 0 Å². The van der Waals surface area contributed by atoms with Crippen LogP contribution in [0, 0.1) is 0 Å². The first-order valence-electron chi connectivity index (χ1n) is 3.50. The zero-order chi connectivity index (χ0) is 6.97. The van der Waals surface area contributed by atoms with Gasteiger partial charge in [-0.25, -0.2) is 5.90 Å². The van der Waals surface area contributed by atoms with Gasteiger partial charge in [0.05, 0.1) is 12.7 Å². The van der Waals surface area contributed by atoms with E-state index in [0.29, 0.717) is 6.61 Å². The molecule has 2 heterocycles. The second kappa shape index (κ2) is 2.47. The molecule has 10 heavy (non-hydrogen) atoms. The van der Waals surface area contributed by atoms with Gasteiger partial charge in [0.2, 0.25) is 0 Å². The molecule has 2 aliphatic heterocycles. The summed E-state index contributed by atoms with van der Waals surface area (Å²) < 4.78 is 10.7. The van der Waals surface area contributed by atoms with Crippen LogP contribution in [0.25, 0.3) is 0 Å². The van der Waals surface area contributed by atoms with E-state index in [-0.39, 0.29) is 18.3 Å². The Kier molecular flexibility index (Phi) is 1.61. The Labute approximate surface area is 59.2 Å². The Balaban J connectivity index is 2.01. The molecule has 4 heteroatoms. The predicted molar refractivity (Wildman–Crippen MR) is 33.2 cm³/mol. The van der Waals surface area contributed by atoms with Gasteiger partial charge >= 0.3 is 0 Å². The van der Waals surface area contributed by atoms with Crippen molar-refractivity contribution in [1.29, 1.82) is 0 Å². The lowest BCUT2D eigenvalue weighted by atomic mass is 10.1. The molecule has 2 N–H and O–H groups in total. The molecule has 0 aromatic heterocycles. The Hall–Kier alpha value is -0.160. The molecule has 0 aromatic rings. The molecule has 2 saturated heterocycles. The van der Waals surface area contributed by atoms with E-state index in [1.807, 2.05) is 0 Å². The summed E-state index contributed by atoms with van der Waals surface area (Å²) in [5, 5.41) is 0. The Morgan fingerprint density at radius 3 is 3.10 bits per heavy atom. The van der Waals surface area contributed by atoms with Crippen LogP contribution in [-0.2, 0) is 14.3 Å². The third kappa shape index (κ3) is 0.845. The molecule has 2 fully saturated rings. The lowest BCUT2D eigenvalue weighted by Crippen LogP contribution is -2.32. The normalized spacial score (nSPS) is 45.9. The van der Waals surface area contributed by atoms with Crippen molar-refractivity contribution in [2.75, 3.05) is 13.2 Å². The third-order valence-corrected chi connectivity index (χ3v) is 2.09. The minimum absolute atomic E-state index is 0.0486. The summed E-state index contributed by atoms with van der Waals surface area (Å²) in [4.78, 5) is 4.68. The molecule has 0 saturated carbocycles. The Bertz CT molecular complexity index is 130. The first-order chi connectivity index (χ1) is 4.92. The SMILES string of the molecule is NO[C@H]1COC2CCOC21. The van der Waals surface area contributed by atoms with Gasteiger partial charge in [-0.05, 0) is 6.42 Å². The average Bonchev–Trinajstić information content (AvgIpc) is 2.44. The van der Waals surface area contributed by atoms with E-state index >= 15 is 0 Å². The van der Waals surface area contributed by atoms with Gasteiger partial charge < -0.3 is 9.47 Å². The van der Waals surface area contributed by atoms with Crippen molar-refractivity contribution in [2.24, 2.45) is 5.90 Å². The highest BCUT2D eigenvalue weighted by Gasteiger charge is 2.42. The largest absolute Gasteiger partial charge is 0.373 e. The summed E-state index contributed by atoms with van der Waals surface area (Å²) in [5.41, 5.74) is 0. The highest BCUT2D eigenvalue weighted by molar-refractivity contribution is 4.89. The molecule has 4 nitrogen and oxygen atoms in total. The van der Waals surface area contributed by atoms with Gasteiger partial charge in [0.25, 0.3) is 0 Å². The van der Waals surface area contributed by atoms with Gasteiger partial charge in [-0.15, -0.1) is 0 Å². The van der Waals surface area contributed by atoms with Crippen molar-refractivity contribution in [3.8, 4) is 0 Å². The lowest BCUT2D eigenvalue weighted by Gasteiger charge is -2.11. The number of hydrogen-bond acceptors (Lipinski definition) is 4. The minimum Gasteiger partial charge on any atom is -0.373 e. The third-order valence-electron chi connectivity index (χ3n) is 2.09. The number of rotatable bonds is 1. The molecule has 0 spiro atoms. The van der Waals surface area contributed by atoms with E-state index in [4.69, 9.17) is 15.4 Å². The van der Waals surface area contributed by atoms with E-state index in [9.17, 15) is 0 Å². The van der Waals surface area contributed by atoms with E-state index < -0.39 is 0 Å². The molecule has 3 atom stereocenters. The molecule has 0 amide bonds. The summed E-state index contributed by atoms with van der Waals surface area (Å²) in [7, 11) is 0. The first-order valence-corrected chi connectivity index (χ1v) is 3.50. The number of hydrogen-bond donors (Lipinski definition) is 1. The van der Waals surface area contributed by atoms with Crippen LogP contribution in [0.4, 0.5) is 0 Å². The van der Waals surface area contributed by atoms with E-state index in [1.165, 1.54) is 0 Å². The van der Waals surface area contributed by atoms with Gasteiger partial charge in [0.1, 0.15) is 12.2 Å². The summed E-state index contributed by atoms with van der Waals surface area (Å²) in [6, 6.07) is 0. The second-order valence-electron chi connectivity index (χ2n) is 2.67. The molecule has 2 aliphatic rings. The summed E-state index contributed by atoms with van der Waals surface area (Å²) in [5.74, 6) is 5.03. The zero-order valence-electron chi connectivity index (χ0n) is 5.66. The highest BCUT2D eigenvalue weighted by atomic mass is 16.7. The smallest absolute Gasteiger partial charge is 0.131 e. The standard InChI is InChI=1S/C6H11NO3/c7-10-5-3-9-4-1-2-8-6(4)5/h4-6H,1-3,7H2/t4?,5-,6?/m0/s1. The zero-order valence-corrected chi connectivity index (χ0v) is 5.66. The fourth-order valence-electron chi connectivity index (χ4n) is 1.55. The van der Waals surface area contributed by atoms with Crippen LogP contribution in [0.2, 0.25) is 0 Å². The predicted octanol–water partition coefficient (Wildman–Crippen LogP) is -0.567. The van der Waals surface area contributed by atoms with Crippen molar-refractivity contribution in [2.45, 2.75) is 24.7 Å². The van der Waals surface area contributed by atoms with Crippen LogP contribution < -0.4 is 5.90 Å². The average molecular weight is 145 g/mol. The van der Waals surface area contributed by atoms with Crippen LogP contribution >= 0.6 is 0 Å². The summed E-state index contributed by atoms with van der Waals surface area (Å²) >= 11 is 0. The molecule has 58 valence electrons. The van der Waals surface area contributed by atoms with Gasteiger partial charge in [-0.1, -0.05) is 0 Å². The second-order valence-corrected chi connectivity index (χ2v) is 2.67. The first kappa shape index (κ1) is 6.54. The molecule has 2 rings (SSSR count). The van der Waals surface area contributed by atoms with Crippen LogP contribution in [0.5, 0.6) is 0 Å². The highest BCUT2D eigenvalue weighted by Crippen LogP contribution is 2.27. The molecular formula is C6H11NO3. The summed E-state index contributed by atoms with van der Waals surface area (Å²) in [6.45, 7) is 1.35. The molecule has 2 unspecified atom stereocenters. The minimum atomic E-state index is -0.0486. The van der Waals surface area contributed by atoms with Crippen LogP contribution in [0.15, 0.2) is 0 Å². The Morgan fingerprint density at radius 2 is 2.30 bits per heavy atom. The molecule has 0 radical (unpaired) electrons. The number of nitrogens with two attached hydrogens (primary N) is 1. The van der Waals surface area contributed by atoms with E-state index in [0.717, 1.165) is 13.0 Å². The van der Waals surface area contributed by atoms with Gasteiger partial charge in [-0.3, -0.25) is 4.84 Å². The van der Waals surface area contributed by atoms with Crippen molar-refractivity contribution < 1.29 is 14.3 Å². The van der Waals surface area contributed by atoms with Crippen molar-refractivity contribution in [3.05, 3.63) is 0 Å². The quantitative estimate of drug-likeness (QED) is 0.502. The maximum absolute atomic E-state index is 5.35.